The van der Waals surface area contributed by atoms with E-state index in [2.05, 4.69) is 29.7 Å². The summed E-state index contributed by atoms with van der Waals surface area (Å²) in [7, 11) is 3.35. The number of hydrogen-bond acceptors (Lipinski definition) is 6. The monoisotopic (exact) mass is 378 g/mol. The molecule has 3 rings (SSSR count). The van der Waals surface area contributed by atoms with Crippen molar-refractivity contribution >= 4 is 0 Å². The summed E-state index contributed by atoms with van der Waals surface area (Å²) in [6.45, 7) is 10.2. The van der Waals surface area contributed by atoms with Gasteiger partial charge in [-0.1, -0.05) is 12.1 Å². The summed E-state index contributed by atoms with van der Waals surface area (Å²) >= 11 is 0. The summed E-state index contributed by atoms with van der Waals surface area (Å²) in [6, 6.07) is 6.02. The van der Waals surface area contributed by atoms with Gasteiger partial charge in [-0.15, -0.1) is 0 Å². The molecule has 6 heteroatoms. The van der Waals surface area contributed by atoms with Gasteiger partial charge in [0.25, 0.3) is 0 Å². The largest absolute Gasteiger partial charge is 0.493 e. The number of nitrogens with zero attached hydrogens (tertiary/aromatic N) is 2. The topological polar surface area (TPSA) is 54.4 Å². The highest BCUT2D eigenvalue weighted by Gasteiger charge is 2.35. The van der Waals surface area contributed by atoms with E-state index in [1.165, 1.54) is 0 Å². The lowest BCUT2D eigenvalue weighted by Gasteiger charge is -2.37. The Morgan fingerprint density at radius 3 is 2.33 bits per heavy atom. The Bertz CT molecular complexity index is 602. The van der Waals surface area contributed by atoms with E-state index < -0.39 is 0 Å². The molecule has 0 saturated carbocycles. The quantitative estimate of drug-likeness (QED) is 0.782. The second-order valence-corrected chi connectivity index (χ2v) is 8.03. The first kappa shape index (κ1) is 20.4. The summed E-state index contributed by atoms with van der Waals surface area (Å²) in [5.41, 5.74) is 1.13. The van der Waals surface area contributed by atoms with Gasteiger partial charge >= 0.3 is 0 Å². The van der Waals surface area contributed by atoms with Crippen LogP contribution < -0.4 is 9.47 Å². The lowest BCUT2D eigenvalue weighted by molar-refractivity contribution is -0.0727. The van der Waals surface area contributed by atoms with Gasteiger partial charge in [-0.05, 0) is 31.7 Å². The Balaban J connectivity index is 1.64. The lowest BCUT2D eigenvalue weighted by atomic mass is 9.96. The molecule has 1 N–H and O–H groups in total. The first-order chi connectivity index (χ1) is 13.0. The molecule has 0 spiro atoms. The zero-order chi connectivity index (χ0) is 19.4. The van der Waals surface area contributed by atoms with Crippen molar-refractivity contribution in [1.82, 2.24) is 9.80 Å². The van der Waals surface area contributed by atoms with Crippen LogP contribution in [0.15, 0.2) is 18.2 Å². The first-order valence-corrected chi connectivity index (χ1v) is 9.94. The Hall–Kier alpha value is -1.34. The minimum absolute atomic E-state index is 0.242. The van der Waals surface area contributed by atoms with E-state index in [0.717, 1.165) is 56.3 Å². The lowest BCUT2D eigenvalue weighted by Crippen LogP contribution is -2.48. The van der Waals surface area contributed by atoms with Gasteiger partial charge in [0.1, 0.15) is 0 Å². The molecule has 27 heavy (non-hydrogen) atoms. The minimum atomic E-state index is 0.242. The van der Waals surface area contributed by atoms with E-state index in [4.69, 9.17) is 14.2 Å². The van der Waals surface area contributed by atoms with Crippen molar-refractivity contribution in [1.29, 1.82) is 0 Å². The second-order valence-electron chi connectivity index (χ2n) is 8.03. The molecule has 0 amide bonds. The fourth-order valence-electron chi connectivity index (χ4n) is 4.66. The summed E-state index contributed by atoms with van der Waals surface area (Å²) < 4.78 is 16.9. The van der Waals surface area contributed by atoms with Crippen LogP contribution in [-0.4, -0.2) is 80.7 Å². The molecule has 2 fully saturated rings. The molecule has 1 aromatic rings. The number of morpholine rings is 1. The van der Waals surface area contributed by atoms with Gasteiger partial charge in [0, 0.05) is 51.4 Å². The Morgan fingerprint density at radius 2 is 1.70 bits per heavy atom. The Morgan fingerprint density at radius 1 is 1.00 bits per heavy atom. The Labute approximate surface area is 163 Å². The van der Waals surface area contributed by atoms with Crippen molar-refractivity contribution in [2.45, 2.75) is 32.6 Å². The molecule has 0 aliphatic carbocycles. The predicted octanol–water partition coefficient (Wildman–Crippen LogP) is 1.85. The number of aliphatic hydroxyl groups excluding tert-OH is 1. The van der Waals surface area contributed by atoms with Crippen molar-refractivity contribution in [3.8, 4) is 11.5 Å². The van der Waals surface area contributed by atoms with Crippen LogP contribution in [0.1, 0.15) is 19.4 Å². The smallest absolute Gasteiger partial charge is 0.165 e. The van der Waals surface area contributed by atoms with Crippen LogP contribution in [0.25, 0.3) is 0 Å². The van der Waals surface area contributed by atoms with Gasteiger partial charge in [-0.3, -0.25) is 9.80 Å². The number of likely N-dealkylation sites (tertiary alicyclic amines) is 1. The zero-order valence-electron chi connectivity index (χ0n) is 17.1. The van der Waals surface area contributed by atoms with Gasteiger partial charge in [-0.25, -0.2) is 0 Å². The van der Waals surface area contributed by atoms with Crippen LogP contribution in [0, 0.1) is 11.8 Å². The van der Waals surface area contributed by atoms with Crippen LogP contribution in [0.3, 0.4) is 0 Å². The summed E-state index contributed by atoms with van der Waals surface area (Å²) in [4.78, 5) is 4.93. The number of aliphatic hydroxyl groups is 1. The molecule has 2 aliphatic heterocycles. The molecule has 0 radical (unpaired) electrons. The van der Waals surface area contributed by atoms with E-state index in [1.807, 2.05) is 12.1 Å². The third kappa shape index (κ3) is 4.93. The van der Waals surface area contributed by atoms with Gasteiger partial charge in [0.15, 0.2) is 11.5 Å². The highest BCUT2D eigenvalue weighted by molar-refractivity contribution is 5.46. The average Bonchev–Trinajstić information content (AvgIpc) is 3.01. The molecule has 2 aliphatic rings. The number of methoxy groups -OCH3 is 2. The second kappa shape index (κ2) is 9.24. The number of benzene rings is 1. The molecule has 152 valence electrons. The molecular formula is C21H34N2O4. The molecule has 2 heterocycles. The van der Waals surface area contributed by atoms with Gasteiger partial charge in [0.05, 0.1) is 26.4 Å². The van der Waals surface area contributed by atoms with E-state index >= 15 is 0 Å². The predicted molar refractivity (Wildman–Crippen MR) is 105 cm³/mol. The van der Waals surface area contributed by atoms with Crippen molar-refractivity contribution in [3.63, 3.8) is 0 Å². The molecular weight excluding hydrogens is 344 g/mol. The van der Waals surface area contributed by atoms with E-state index in [-0.39, 0.29) is 18.8 Å². The highest BCUT2D eigenvalue weighted by atomic mass is 16.5. The van der Waals surface area contributed by atoms with Crippen molar-refractivity contribution in [2.24, 2.45) is 11.8 Å². The van der Waals surface area contributed by atoms with Gasteiger partial charge < -0.3 is 19.3 Å². The zero-order valence-corrected chi connectivity index (χ0v) is 17.1. The molecule has 4 unspecified atom stereocenters. The number of hydrogen-bond donors (Lipinski definition) is 1. The highest BCUT2D eigenvalue weighted by Crippen LogP contribution is 2.33. The fourth-order valence-corrected chi connectivity index (χ4v) is 4.66. The standard InChI is InChI=1S/C21H34N2O4/c1-15-8-22(9-16(2)27-15)11-18-12-23(13-19(18)14-24)10-17-6-5-7-20(25-3)21(17)26-4/h5-7,15-16,18-19,24H,8-14H2,1-4H3. The SMILES string of the molecule is COc1cccc(CN2CC(CO)C(CN3CC(C)OC(C)C3)C2)c1OC. The third-order valence-electron chi connectivity index (χ3n) is 5.75. The van der Waals surface area contributed by atoms with E-state index in [9.17, 15) is 5.11 Å². The van der Waals surface area contributed by atoms with Crippen molar-refractivity contribution < 1.29 is 19.3 Å². The van der Waals surface area contributed by atoms with E-state index in [1.54, 1.807) is 14.2 Å². The average molecular weight is 379 g/mol. The molecule has 0 bridgehead atoms. The maximum Gasteiger partial charge on any atom is 0.165 e. The molecule has 2 saturated heterocycles. The normalized spacial score (nSPS) is 29.8. The fraction of sp³-hybridized carbons (Fsp3) is 0.714. The number of para-hydroxylation sites is 1. The van der Waals surface area contributed by atoms with Crippen LogP contribution in [-0.2, 0) is 11.3 Å². The summed E-state index contributed by atoms with van der Waals surface area (Å²) in [6.07, 6.45) is 0.555. The van der Waals surface area contributed by atoms with E-state index in [0.29, 0.717) is 11.8 Å². The minimum Gasteiger partial charge on any atom is -0.493 e. The molecule has 0 aromatic heterocycles. The van der Waals surface area contributed by atoms with Crippen LogP contribution in [0.2, 0.25) is 0 Å². The number of ether oxygens (including phenoxy) is 3. The van der Waals surface area contributed by atoms with Gasteiger partial charge in [0.2, 0.25) is 0 Å². The molecule has 1 aromatic carbocycles. The molecule has 6 nitrogen and oxygen atoms in total. The number of rotatable bonds is 7. The maximum atomic E-state index is 9.92. The molecule has 4 atom stereocenters. The van der Waals surface area contributed by atoms with Crippen LogP contribution in [0.4, 0.5) is 0 Å². The third-order valence-corrected chi connectivity index (χ3v) is 5.75. The summed E-state index contributed by atoms with van der Waals surface area (Å²) in [5.74, 6) is 2.36. The Kier molecular flexibility index (Phi) is 6.98. The van der Waals surface area contributed by atoms with Crippen molar-refractivity contribution in [2.75, 3.05) is 53.6 Å². The van der Waals surface area contributed by atoms with Crippen molar-refractivity contribution in [3.05, 3.63) is 23.8 Å². The maximum absolute atomic E-state index is 9.92. The van der Waals surface area contributed by atoms with Crippen LogP contribution in [0.5, 0.6) is 11.5 Å². The first-order valence-electron chi connectivity index (χ1n) is 9.94. The summed E-state index contributed by atoms with van der Waals surface area (Å²) in [5, 5.41) is 9.92. The van der Waals surface area contributed by atoms with Gasteiger partial charge in [-0.2, -0.15) is 0 Å². The van der Waals surface area contributed by atoms with Crippen LogP contribution >= 0.6 is 0 Å².